The van der Waals surface area contributed by atoms with E-state index in [1.54, 1.807) is 0 Å². The summed E-state index contributed by atoms with van der Waals surface area (Å²) >= 11 is 1.89. The summed E-state index contributed by atoms with van der Waals surface area (Å²) in [6, 6.07) is 2.17. The lowest BCUT2D eigenvalue weighted by Gasteiger charge is -2.37. The Bertz CT molecular complexity index is 236. The third-order valence-corrected chi connectivity index (χ3v) is 3.77. The van der Waals surface area contributed by atoms with Crippen molar-refractivity contribution in [2.24, 2.45) is 0 Å². The molecule has 72 valence electrons. The number of carbonyl (C=O) groups is 1. The zero-order valence-corrected chi connectivity index (χ0v) is 8.80. The van der Waals surface area contributed by atoms with Crippen LogP contribution in [0.5, 0.6) is 0 Å². The molecule has 0 bridgehead atoms. The predicted molar refractivity (Wildman–Crippen MR) is 53.3 cm³/mol. The van der Waals surface area contributed by atoms with Crippen LogP contribution in [0.3, 0.4) is 0 Å². The summed E-state index contributed by atoms with van der Waals surface area (Å²) in [6.07, 6.45) is 0.0156. The molecular weight excluding hydrogens is 184 g/mol. The zero-order chi connectivity index (χ0) is 9.84. The molecule has 2 unspecified atom stereocenters. The molecule has 0 aliphatic carbocycles. The molecule has 0 aromatic rings. The first-order valence-electron chi connectivity index (χ1n) is 4.45. The number of rotatable bonds is 1. The molecule has 1 amide bonds. The number of hydrogen-bond acceptors (Lipinski definition) is 3. The third kappa shape index (κ3) is 2.38. The lowest BCUT2D eigenvalue weighted by Crippen LogP contribution is -2.47. The average molecular weight is 198 g/mol. The Hall–Kier alpha value is -0.690. The molecule has 0 aromatic carbocycles. The van der Waals surface area contributed by atoms with E-state index in [1.165, 1.54) is 0 Å². The average Bonchev–Trinajstić information content (AvgIpc) is 2.10. The van der Waals surface area contributed by atoms with E-state index < -0.39 is 0 Å². The highest BCUT2D eigenvalue weighted by atomic mass is 32.2. The summed E-state index contributed by atoms with van der Waals surface area (Å²) in [7, 11) is 0. The maximum atomic E-state index is 11.4. The van der Waals surface area contributed by atoms with E-state index in [9.17, 15) is 4.79 Å². The molecule has 0 radical (unpaired) electrons. The maximum absolute atomic E-state index is 11.4. The van der Waals surface area contributed by atoms with Crippen LogP contribution in [0.2, 0.25) is 0 Å². The van der Waals surface area contributed by atoms with E-state index in [0.717, 1.165) is 12.3 Å². The Morgan fingerprint density at radius 1 is 1.69 bits per heavy atom. The van der Waals surface area contributed by atoms with Crippen molar-refractivity contribution >= 4 is 17.7 Å². The monoisotopic (exact) mass is 198 g/mol. The Morgan fingerprint density at radius 3 is 3.00 bits per heavy atom. The van der Waals surface area contributed by atoms with E-state index >= 15 is 0 Å². The molecule has 1 saturated heterocycles. The molecule has 0 N–H and O–H groups in total. The van der Waals surface area contributed by atoms with Gasteiger partial charge < -0.3 is 4.90 Å². The second-order valence-corrected chi connectivity index (χ2v) is 4.72. The van der Waals surface area contributed by atoms with Crippen LogP contribution in [0.15, 0.2) is 0 Å². The van der Waals surface area contributed by atoms with Gasteiger partial charge in [-0.1, -0.05) is 6.92 Å². The molecule has 13 heavy (non-hydrogen) atoms. The molecule has 1 aliphatic rings. The largest absolute Gasteiger partial charge is 0.337 e. The molecule has 1 aliphatic heterocycles. The number of nitrogens with zero attached hydrogens (tertiary/aromatic N) is 2. The van der Waals surface area contributed by atoms with Gasteiger partial charge in [0.1, 0.15) is 6.42 Å². The maximum Gasteiger partial charge on any atom is 0.237 e. The van der Waals surface area contributed by atoms with Gasteiger partial charge in [0, 0.05) is 23.6 Å². The van der Waals surface area contributed by atoms with Crippen molar-refractivity contribution in [1.82, 2.24) is 4.90 Å². The minimum atomic E-state index is -0.0258. The molecule has 1 heterocycles. The second kappa shape index (κ2) is 4.52. The van der Waals surface area contributed by atoms with Gasteiger partial charge in [0.25, 0.3) is 0 Å². The minimum Gasteiger partial charge on any atom is -0.337 e. The van der Waals surface area contributed by atoms with Crippen molar-refractivity contribution in [2.45, 2.75) is 31.6 Å². The van der Waals surface area contributed by atoms with Gasteiger partial charge in [0.2, 0.25) is 5.91 Å². The normalized spacial score (nSPS) is 28.2. The van der Waals surface area contributed by atoms with Crippen LogP contribution in [-0.4, -0.2) is 34.4 Å². The predicted octanol–water partition coefficient (Wildman–Crippen LogP) is 1.25. The van der Waals surface area contributed by atoms with Crippen LogP contribution in [-0.2, 0) is 4.79 Å². The third-order valence-electron chi connectivity index (χ3n) is 2.43. The van der Waals surface area contributed by atoms with Gasteiger partial charge >= 0.3 is 0 Å². The smallest absolute Gasteiger partial charge is 0.237 e. The highest BCUT2D eigenvalue weighted by Gasteiger charge is 2.28. The first-order chi connectivity index (χ1) is 6.16. The molecule has 2 atom stereocenters. The van der Waals surface area contributed by atoms with Crippen LogP contribution in [0, 0.1) is 11.3 Å². The van der Waals surface area contributed by atoms with Crippen LogP contribution >= 0.6 is 11.8 Å². The lowest BCUT2D eigenvalue weighted by atomic mass is 10.2. The van der Waals surface area contributed by atoms with Gasteiger partial charge in [-0.05, 0) is 6.92 Å². The topological polar surface area (TPSA) is 44.1 Å². The fraction of sp³-hybridized carbons (Fsp3) is 0.778. The summed E-state index contributed by atoms with van der Waals surface area (Å²) in [5, 5.41) is 8.90. The first-order valence-corrected chi connectivity index (χ1v) is 5.49. The highest BCUT2D eigenvalue weighted by Crippen LogP contribution is 2.24. The summed E-state index contributed by atoms with van der Waals surface area (Å²) in [4.78, 5) is 13.3. The highest BCUT2D eigenvalue weighted by molar-refractivity contribution is 8.00. The SMILES string of the molecule is CC1SCCN(C(=O)CC#N)C1C. The van der Waals surface area contributed by atoms with E-state index in [1.807, 2.05) is 29.7 Å². The molecule has 0 saturated carbocycles. The molecule has 1 fully saturated rings. The Kier molecular flexibility index (Phi) is 3.61. The van der Waals surface area contributed by atoms with Crippen LogP contribution in [0.4, 0.5) is 0 Å². The van der Waals surface area contributed by atoms with Crippen molar-refractivity contribution in [3.8, 4) is 6.07 Å². The number of amides is 1. The zero-order valence-electron chi connectivity index (χ0n) is 7.99. The number of nitriles is 1. The standard InChI is InChI=1S/C9H14N2OS/c1-7-8(2)13-6-5-11(7)9(12)3-4-10/h7-8H,3,5-6H2,1-2H3. The Morgan fingerprint density at radius 2 is 2.38 bits per heavy atom. The number of carbonyl (C=O) groups excluding carboxylic acids is 1. The molecular formula is C9H14N2OS. The van der Waals surface area contributed by atoms with Gasteiger partial charge in [-0.2, -0.15) is 17.0 Å². The summed E-state index contributed by atoms with van der Waals surface area (Å²) in [5.41, 5.74) is 0. The quantitative estimate of drug-likeness (QED) is 0.637. The minimum absolute atomic E-state index is 0.0156. The van der Waals surface area contributed by atoms with Crippen molar-refractivity contribution in [1.29, 1.82) is 5.26 Å². The van der Waals surface area contributed by atoms with E-state index in [-0.39, 0.29) is 18.4 Å². The fourth-order valence-corrected chi connectivity index (χ4v) is 2.55. The van der Waals surface area contributed by atoms with E-state index in [0.29, 0.717) is 5.25 Å². The van der Waals surface area contributed by atoms with Crippen molar-refractivity contribution < 1.29 is 4.79 Å². The summed E-state index contributed by atoms with van der Waals surface area (Å²) in [5.74, 6) is 0.963. The van der Waals surface area contributed by atoms with Gasteiger partial charge in [0.05, 0.1) is 6.07 Å². The van der Waals surface area contributed by atoms with E-state index in [4.69, 9.17) is 5.26 Å². The van der Waals surface area contributed by atoms with Crippen LogP contribution in [0.1, 0.15) is 20.3 Å². The van der Waals surface area contributed by atoms with Crippen molar-refractivity contribution in [3.05, 3.63) is 0 Å². The van der Waals surface area contributed by atoms with E-state index in [2.05, 4.69) is 6.92 Å². The fourth-order valence-electron chi connectivity index (χ4n) is 1.45. The number of thioether (sulfide) groups is 1. The van der Waals surface area contributed by atoms with Gasteiger partial charge in [-0.25, -0.2) is 0 Å². The molecule has 3 nitrogen and oxygen atoms in total. The Balaban J connectivity index is 2.58. The summed E-state index contributed by atoms with van der Waals surface area (Å²) in [6.45, 7) is 4.96. The Labute approximate surface area is 83.1 Å². The molecule has 0 aromatic heterocycles. The van der Waals surface area contributed by atoms with Gasteiger partial charge in [-0.15, -0.1) is 0 Å². The second-order valence-electron chi connectivity index (χ2n) is 3.24. The van der Waals surface area contributed by atoms with Crippen LogP contribution in [0.25, 0.3) is 0 Å². The van der Waals surface area contributed by atoms with Crippen LogP contribution < -0.4 is 0 Å². The molecule has 1 rings (SSSR count). The van der Waals surface area contributed by atoms with Crippen molar-refractivity contribution in [3.63, 3.8) is 0 Å². The van der Waals surface area contributed by atoms with Crippen molar-refractivity contribution in [2.75, 3.05) is 12.3 Å². The summed E-state index contributed by atoms with van der Waals surface area (Å²) < 4.78 is 0. The lowest BCUT2D eigenvalue weighted by molar-refractivity contribution is -0.131. The van der Waals surface area contributed by atoms with Gasteiger partial charge in [-0.3, -0.25) is 4.79 Å². The molecule has 0 spiro atoms. The number of hydrogen-bond donors (Lipinski definition) is 0. The molecule has 4 heteroatoms. The first kappa shape index (κ1) is 10.4. The van der Waals surface area contributed by atoms with Gasteiger partial charge in [0.15, 0.2) is 0 Å².